The van der Waals surface area contributed by atoms with Crippen molar-refractivity contribution in [2.45, 2.75) is 11.4 Å². The van der Waals surface area contributed by atoms with Crippen LogP contribution in [0, 0.1) is 0 Å². The van der Waals surface area contributed by atoms with Gasteiger partial charge in [-0.2, -0.15) is 4.80 Å². The molecule has 0 atom stereocenters. The Bertz CT molecular complexity index is 840. The Balaban J connectivity index is 1.46. The zero-order chi connectivity index (χ0) is 17.5. The predicted octanol–water partition coefficient (Wildman–Crippen LogP) is 2.90. The van der Waals surface area contributed by atoms with Crippen LogP contribution in [0.25, 0.3) is 11.4 Å². The molecule has 25 heavy (non-hydrogen) atoms. The average Bonchev–Trinajstić information content (AvgIpc) is 3.08. The van der Waals surface area contributed by atoms with Gasteiger partial charge in [-0.3, -0.25) is 4.79 Å². The minimum Gasteiger partial charge on any atom is -0.354 e. The number of carbonyl (C=O) groups is 1. The number of hydrogen-bond donors (Lipinski definition) is 1. The minimum absolute atomic E-state index is 0.0213. The first kappa shape index (κ1) is 17.4. The summed E-state index contributed by atoms with van der Waals surface area (Å²) in [4.78, 5) is 14.4. The van der Waals surface area contributed by atoms with Crippen LogP contribution in [0.2, 0.25) is 5.02 Å². The summed E-state index contributed by atoms with van der Waals surface area (Å²) in [5, 5.41) is 15.4. The number of aromatic nitrogens is 4. The van der Waals surface area contributed by atoms with Crippen LogP contribution in [0.3, 0.4) is 0 Å². The van der Waals surface area contributed by atoms with Crippen LogP contribution in [0.15, 0.2) is 59.5 Å². The molecular formula is C17H16ClN5OS. The molecule has 0 radical (unpaired) electrons. The van der Waals surface area contributed by atoms with Crippen molar-refractivity contribution in [1.29, 1.82) is 0 Å². The molecule has 0 saturated heterocycles. The molecule has 3 aromatic rings. The molecular weight excluding hydrogens is 358 g/mol. The highest BCUT2D eigenvalue weighted by Gasteiger charge is 2.11. The van der Waals surface area contributed by atoms with Crippen LogP contribution in [0.4, 0.5) is 0 Å². The third kappa shape index (κ3) is 5.04. The van der Waals surface area contributed by atoms with Gasteiger partial charge in [0.2, 0.25) is 11.7 Å². The smallest absolute Gasteiger partial charge is 0.243 e. The lowest BCUT2D eigenvalue weighted by Crippen LogP contribution is -2.30. The molecule has 0 aliphatic carbocycles. The van der Waals surface area contributed by atoms with E-state index in [1.165, 1.54) is 9.69 Å². The van der Waals surface area contributed by atoms with Crippen molar-refractivity contribution in [3.63, 3.8) is 0 Å². The highest BCUT2D eigenvalue weighted by molar-refractivity contribution is 7.99. The molecule has 1 N–H and O–H groups in total. The average molecular weight is 374 g/mol. The molecule has 1 heterocycles. The van der Waals surface area contributed by atoms with Gasteiger partial charge in [-0.15, -0.1) is 22.0 Å². The lowest BCUT2D eigenvalue weighted by molar-refractivity contribution is -0.121. The first-order chi connectivity index (χ1) is 12.2. The molecule has 0 aliphatic rings. The zero-order valence-corrected chi connectivity index (χ0v) is 14.9. The topological polar surface area (TPSA) is 72.7 Å². The highest BCUT2D eigenvalue weighted by atomic mass is 35.5. The summed E-state index contributed by atoms with van der Waals surface area (Å²) in [5.74, 6) is 1.04. The number of thioether (sulfide) groups is 1. The van der Waals surface area contributed by atoms with Crippen molar-refractivity contribution >= 4 is 29.3 Å². The molecule has 128 valence electrons. The van der Waals surface area contributed by atoms with E-state index in [2.05, 4.69) is 20.7 Å². The summed E-state index contributed by atoms with van der Waals surface area (Å²) in [6.45, 7) is 0.595. The third-order valence-corrected chi connectivity index (χ3v) is 4.63. The van der Waals surface area contributed by atoms with Gasteiger partial charge in [0.25, 0.3) is 0 Å². The molecule has 2 aromatic carbocycles. The fourth-order valence-corrected chi connectivity index (χ4v) is 3.13. The number of tetrazole rings is 1. The van der Waals surface area contributed by atoms with E-state index >= 15 is 0 Å². The monoisotopic (exact) mass is 373 g/mol. The van der Waals surface area contributed by atoms with Gasteiger partial charge in [-0.05, 0) is 29.5 Å². The maximum absolute atomic E-state index is 12.0. The Kier molecular flexibility index (Phi) is 6.03. The van der Waals surface area contributed by atoms with Crippen LogP contribution in [-0.4, -0.2) is 38.4 Å². The van der Waals surface area contributed by atoms with Gasteiger partial charge >= 0.3 is 0 Å². The molecule has 0 aliphatic heterocycles. The number of nitrogens with zero attached hydrogens (tertiary/aromatic N) is 4. The molecule has 0 bridgehead atoms. The van der Waals surface area contributed by atoms with E-state index < -0.39 is 0 Å². The maximum Gasteiger partial charge on any atom is 0.243 e. The second-order valence-corrected chi connectivity index (χ2v) is 6.71. The second kappa shape index (κ2) is 8.64. The number of rotatable bonds is 7. The zero-order valence-electron chi connectivity index (χ0n) is 13.3. The standard InChI is InChI=1S/C17H16ClN5OS/c18-15-9-5-4-8-14(15)17-20-22-23(21-17)12-16(24)19-10-11-25-13-6-2-1-3-7-13/h1-9H,10-12H2,(H,19,24). The first-order valence-electron chi connectivity index (χ1n) is 7.69. The molecule has 1 aromatic heterocycles. The normalized spacial score (nSPS) is 10.6. The van der Waals surface area contributed by atoms with E-state index in [1.54, 1.807) is 17.8 Å². The lowest BCUT2D eigenvalue weighted by Gasteiger charge is -2.04. The summed E-state index contributed by atoms with van der Waals surface area (Å²) >= 11 is 7.80. The third-order valence-electron chi connectivity index (χ3n) is 3.29. The van der Waals surface area contributed by atoms with Crippen LogP contribution in [0.1, 0.15) is 0 Å². The van der Waals surface area contributed by atoms with Crippen LogP contribution < -0.4 is 5.32 Å². The molecule has 0 fully saturated rings. The molecule has 6 nitrogen and oxygen atoms in total. The predicted molar refractivity (Wildman–Crippen MR) is 98.4 cm³/mol. The van der Waals surface area contributed by atoms with Crippen molar-refractivity contribution in [2.24, 2.45) is 0 Å². The molecule has 0 saturated carbocycles. The molecule has 3 rings (SSSR count). The summed E-state index contributed by atoms with van der Waals surface area (Å²) in [5.41, 5.74) is 0.690. The Labute approximate surface area is 154 Å². The van der Waals surface area contributed by atoms with Gasteiger partial charge in [-0.1, -0.05) is 41.9 Å². The van der Waals surface area contributed by atoms with E-state index in [-0.39, 0.29) is 12.5 Å². The van der Waals surface area contributed by atoms with Crippen LogP contribution in [0.5, 0.6) is 0 Å². The molecule has 0 spiro atoms. The van der Waals surface area contributed by atoms with E-state index in [4.69, 9.17) is 11.6 Å². The van der Waals surface area contributed by atoms with Crippen molar-refractivity contribution in [3.05, 3.63) is 59.6 Å². The number of amides is 1. The number of halogens is 1. The van der Waals surface area contributed by atoms with E-state index in [0.29, 0.717) is 23.0 Å². The number of carbonyl (C=O) groups excluding carboxylic acids is 1. The SMILES string of the molecule is O=C(Cn1nnc(-c2ccccc2Cl)n1)NCCSc1ccccc1. The van der Waals surface area contributed by atoms with Crippen molar-refractivity contribution in [1.82, 2.24) is 25.5 Å². The Morgan fingerprint density at radius 1 is 1.12 bits per heavy atom. The van der Waals surface area contributed by atoms with Crippen molar-refractivity contribution in [2.75, 3.05) is 12.3 Å². The largest absolute Gasteiger partial charge is 0.354 e. The quantitative estimate of drug-likeness (QED) is 0.509. The Morgan fingerprint density at radius 2 is 1.88 bits per heavy atom. The minimum atomic E-state index is -0.156. The van der Waals surface area contributed by atoms with Gasteiger partial charge in [0.05, 0.1) is 5.02 Å². The van der Waals surface area contributed by atoms with Gasteiger partial charge < -0.3 is 5.32 Å². The van der Waals surface area contributed by atoms with Crippen molar-refractivity contribution in [3.8, 4) is 11.4 Å². The highest BCUT2D eigenvalue weighted by Crippen LogP contribution is 2.23. The molecule has 8 heteroatoms. The number of hydrogen-bond acceptors (Lipinski definition) is 5. The fourth-order valence-electron chi connectivity index (χ4n) is 2.12. The summed E-state index contributed by atoms with van der Waals surface area (Å²) in [6, 6.07) is 17.3. The van der Waals surface area contributed by atoms with E-state index in [0.717, 1.165) is 5.75 Å². The van der Waals surface area contributed by atoms with Gasteiger partial charge in [0, 0.05) is 22.8 Å². The first-order valence-corrected chi connectivity index (χ1v) is 9.06. The van der Waals surface area contributed by atoms with Crippen LogP contribution >= 0.6 is 23.4 Å². The van der Waals surface area contributed by atoms with Gasteiger partial charge in [0.1, 0.15) is 6.54 Å². The van der Waals surface area contributed by atoms with Gasteiger partial charge in [-0.25, -0.2) is 0 Å². The number of nitrogens with one attached hydrogen (secondary N) is 1. The lowest BCUT2D eigenvalue weighted by atomic mass is 10.2. The van der Waals surface area contributed by atoms with Crippen molar-refractivity contribution < 1.29 is 4.79 Å². The summed E-state index contributed by atoms with van der Waals surface area (Å²) < 4.78 is 0. The van der Waals surface area contributed by atoms with E-state index in [1.807, 2.05) is 48.5 Å². The Hall–Kier alpha value is -2.38. The summed E-state index contributed by atoms with van der Waals surface area (Å²) in [6.07, 6.45) is 0. The number of benzene rings is 2. The van der Waals surface area contributed by atoms with Gasteiger partial charge in [0.15, 0.2) is 0 Å². The van der Waals surface area contributed by atoms with Crippen LogP contribution in [-0.2, 0) is 11.3 Å². The maximum atomic E-state index is 12.0. The Morgan fingerprint density at radius 3 is 2.68 bits per heavy atom. The fraction of sp³-hybridized carbons (Fsp3) is 0.176. The molecule has 1 amide bonds. The molecule has 0 unspecified atom stereocenters. The van der Waals surface area contributed by atoms with E-state index in [9.17, 15) is 4.79 Å². The second-order valence-electron chi connectivity index (χ2n) is 5.13. The summed E-state index contributed by atoms with van der Waals surface area (Å²) in [7, 11) is 0.